The number of piperidine rings is 1. The number of nitrogens with zero attached hydrogens (tertiary/aromatic N) is 5. The van der Waals surface area contributed by atoms with Gasteiger partial charge in [-0.15, -0.1) is 0 Å². The Morgan fingerprint density at radius 3 is 2.62 bits per heavy atom. The normalized spacial score (nSPS) is 21.3. The number of nitrogens with one attached hydrogen (secondary N) is 1. The molecule has 0 spiro atoms. The quantitative estimate of drug-likeness (QED) is 0.872. The fourth-order valence-electron chi connectivity index (χ4n) is 3.37. The van der Waals surface area contributed by atoms with Crippen molar-refractivity contribution >= 4 is 11.9 Å². The highest BCUT2D eigenvalue weighted by Gasteiger charge is 2.45. The molecule has 0 radical (unpaired) electrons. The van der Waals surface area contributed by atoms with E-state index in [1.165, 1.54) is 6.33 Å². The van der Waals surface area contributed by atoms with Crippen LogP contribution in [0, 0.1) is 0 Å². The number of hydrogen-bond donors (Lipinski definition) is 1. The molecule has 2 aromatic rings. The van der Waals surface area contributed by atoms with Crippen LogP contribution in [0.15, 0.2) is 31.1 Å². The summed E-state index contributed by atoms with van der Waals surface area (Å²) >= 11 is 0. The second-order valence-electron chi connectivity index (χ2n) is 6.88. The second-order valence-corrected chi connectivity index (χ2v) is 6.88. The average Bonchev–Trinajstić information content (AvgIpc) is 3.49. The van der Waals surface area contributed by atoms with Crippen LogP contribution in [0.3, 0.4) is 0 Å². The maximum Gasteiger partial charge on any atom is 0.257 e. The van der Waals surface area contributed by atoms with E-state index in [-0.39, 0.29) is 17.6 Å². The Balaban J connectivity index is 1.43. The van der Waals surface area contributed by atoms with Gasteiger partial charge in [0.15, 0.2) is 0 Å². The maximum atomic E-state index is 12.6. The number of carbonyl (C=O) groups excluding carboxylic acids is 1. The Bertz CT molecular complexity index is 763. The first kappa shape index (κ1) is 16.8. The van der Waals surface area contributed by atoms with Gasteiger partial charge in [0.05, 0.1) is 17.2 Å². The van der Waals surface area contributed by atoms with Gasteiger partial charge >= 0.3 is 0 Å². The highest BCUT2D eigenvalue weighted by Crippen LogP contribution is 2.47. The molecule has 1 aliphatic carbocycles. The van der Waals surface area contributed by atoms with Crippen molar-refractivity contribution in [1.82, 2.24) is 24.8 Å². The highest BCUT2D eigenvalue weighted by atomic mass is 16.5. The van der Waals surface area contributed by atoms with Crippen molar-refractivity contribution in [3.63, 3.8) is 0 Å². The number of likely N-dealkylation sites (tertiary alicyclic amines) is 1. The second kappa shape index (κ2) is 6.95. The molecule has 2 fully saturated rings. The average molecular weight is 354 g/mol. The molecule has 1 unspecified atom stereocenters. The molecule has 8 nitrogen and oxygen atoms in total. The fourth-order valence-corrected chi connectivity index (χ4v) is 3.37. The molecule has 3 heterocycles. The number of aromatic nitrogens is 4. The summed E-state index contributed by atoms with van der Waals surface area (Å²) in [4.78, 5) is 31.3. The number of amides is 1. The number of ether oxygens (including phenoxy) is 1. The number of anilines is 1. The zero-order chi connectivity index (χ0) is 18.0. The van der Waals surface area contributed by atoms with Crippen LogP contribution in [0.5, 0.6) is 0 Å². The molecule has 1 saturated carbocycles. The minimum absolute atomic E-state index is 0.0455. The molecular formula is C18H22N6O2. The van der Waals surface area contributed by atoms with E-state index < -0.39 is 0 Å². The van der Waals surface area contributed by atoms with E-state index in [4.69, 9.17) is 4.74 Å². The molecule has 4 rings (SSSR count). The first-order chi connectivity index (χ1) is 12.7. The largest absolute Gasteiger partial charge is 0.380 e. The summed E-state index contributed by atoms with van der Waals surface area (Å²) in [6, 6.07) is 0. The Labute approximate surface area is 152 Å². The zero-order valence-corrected chi connectivity index (χ0v) is 14.8. The van der Waals surface area contributed by atoms with Crippen molar-refractivity contribution in [3.8, 4) is 0 Å². The Hall–Kier alpha value is -2.61. The molecule has 1 atom stereocenters. The summed E-state index contributed by atoms with van der Waals surface area (Å²) in [5, 5.41) is 3.36. The minimum atomic E-state index is -0.189. The lowest BCUT2D eigenvalue weighted by Crippen LogP contribution is -2.43. The van der Waals surface area contributed by atoms with Gasteiger partial charge in [0.2, 0.25) is 5.95 Å². The van der Waals surface area contributed by atoms with Gasteiger partial charge in [0, 0.05) is 50.6 Å². The van der Waals surface area contributed by atoms with E-state index in [1.807, 2.05) is 17.3 Å². The van der Waals surface area contributed by atoms with Crippen molar-refractivity contribution in [3.05, 3.63) is 42.2 Å². The number of carbonyl (C=O) groups is 1. The van der Waals surface area contributed by atoms with Crippen LogP contribution in [0.25, 0.3) is 0 Å². The van der Waals surface area contributed by atoms with Crippen molar-refractivity contribution in [1.29, 1.82) is 0 Å². The predicted molar refractivity (Wildman–Crippen MR) is 94.5 cm³/mol. The summed E-state index contributed by atoms with van der Waals surface area (Å²) < 4.78 is 5.39. The van der Waals surface area contributed by atoms with Gasteiger partial charge in [-0.05, 0) is 25.7 Å². The maximum absolute atomic E-state index is 12.6. The summed E-state index contributed by atoms with van der Waals surface area (Å²) in [6.07, 6.45) is 12.3. The van der Waals surface area contributed by atoms with Crippen LogP contribution in [-0.4, -0.2) is 57.0 Å². The van der Waals surface area contributed by atoms with Crippen molar-refractivity contribution < 1.29 is 9.53 Å². The third kappa shape index (κ3) is 3.37. The van der Waals surface area contributed by atoms with Gasteiger partial charge in [-0.3, -0.25) is 4.79 Å². The lowest BCUT2D eigenvalue weighted by atomic mass is 10.1. The molecule has 8 heteroatoms. The Morgan fingerprint density at radius 2 is 1.96 bits per heavy atom. The van der Waals surface area contributed by atoms with Gasteiger partial charge in [-0.2, -0.15) is 0 Å². The molecule has 1 amide bonds. The first-order valence-electron chi connectivity index (χ1n) is 8.88. The van der Waals surface area contributed by atoms with E-state index >= 15 is 0 Å². The molecule has 2 aliphatic rings. The van der Waals surface area contributed by atoms with Crippen LogP contribution < -0.4 is 5.32 Å². The van der Waals surface area contributed by atoms with Crippen molar-refractivity contribution in [2.45, 2.75) is 37.3 Å². The fraction of sp³-hybridized carbons (Fsp3) is 0.500. The monoisotopic (exact) mass is 354 g/mol. The highest BCUT2D eigenvalue weighted by molar-refractivity contribution is 5.93. The molecule has 1 saturated heterocycles. The Morgan fingerprint density at radius 1 is 1.23 bits per heavy atom. The van der Waals surface area contributed by atoms with E-state index in [9.17, 15) is 4.79 Å². The predicted octanol–water partition coefficient (Wildman–Crippen LogP) is 1.62. The smallest absolute Gasteiger partial charge is 0.257 e. The molecular weight excluding hydrogens is 332 g/mol. The van der Waals surface area contributed by atoms with E-state index in [2.05, 4.69) is 25.3 Å². The first-order valence-corrected chi connectivity index (χ1v) is 8.88. The molecule has 136 valence electrons. The van der Waals surface area contributed by atoms with Gasteiger partial charge in [0.1, 0.15) is 6.33 Å². The SMILES string of the molecule is COC1CCCN(C(=O)c2cnc(NC3(c4cncnc4)CC3)nc2)C1. The minimum Gasteiger partial charge on any atom is -0.380 e. The van der Waals surface area contributed by atoms with Crippen LogP contribution in [0.4, 0.5) is 5.95 Å². The van der Waals surface area contributed by atoms with Crippen LogP contribution >= 0.6 is 0 Å². The van der Waals surface area contributed by atoms with Gasteiger partial charge < -0.3 is 15.0 Å². The molecule has 26 heavy (non-hydrogen) atoms. The van der Waals surface area contributed by atoms with Crippen molar-refractivity contribution in [2.75, 3.05) is 25.5 Å². The lowest BCUT2D eigenvalue weighted by Gasteiger charge is -2.31. The number of hydrogen-bond acceptors (Lipinski definition) is 7. The van der Waals surface area contributed by atoms with E-state index in [0.717, 1.165) is 37.8 Å². The molecule has 0 aromatic carbocycles. The van der Waals surface area contributed by atoms with Crippen LogP contribution in [0.2, 0.25) is 0 Å². The van der Waals surface area contributed by atoms with E-state index in [0.29, 0.717) is 18.1 Å². The van der Waals surface area contributed by atoms with E-state index in [1.54, 1.807) is 19.5 Å². The Kier molecular flexibility index (Phi) is 4.50. The van der Waals surface area contributed by atoms with Crippen LogP contribution in [0.1, 0.15) is 41.6 Å². The number of rotatable bonds is 5. The van der Waals surface area contributed by atoms with Gasteiger partial charge in [0.25, 0.3) is 5.91 Å². The summed E-state index contributed by atoms with van der Waals surface area (Å²) in [6.45, 7) is 1.36. The number of methoxy groups -OCH3 is 1. The van der Waals surface area contributed by atoms with Crippen LogP contribution in [-0.2, 0) is 10.3 Å². The third-order valence-corrected chi connectivity index (χ3v) is 5.11. The topological polar surface area (TPSA) is 93.1 Å². The summed E-state index contributed by atoms with van der Waals surface area (Å²) in [5.41, 5.74) is 1.34. The molecule has 1 N–H and O–H groups in total. The lowest BCUT2D eigenvalue weighted by molar-refractivity contribution is 0.0268. The molecule has 2 aromatic heterocycles. The standard InChI is InChI=1S/C18H22N6O2/c1-26-15-3-2-6-24(11-15)16(25)13-7-21-17(22-8-13)23-18(4-5-18)14-9-19-12-20-10-14/h7-10,12,15H,2-6,11H2,1H3,(H,21,22,23). The molecule has 1 aliphatic heterocycles. The van der Waals surface area contributed by atoms with Gasteiger partial charge in [-0.1, -0.05) is 0 Å². The van der Waals surface area contributed by atoms with Gasteiger partial charge in [-0.25, -0.2) is 19.9 Å². The third-order valence-electron chi connectivity index (χ3n) is 5.11. The summed E-state index contributed by atoms with van der Waals surface area (Å²) in [5.74, 6) is 0.465. The zero-order valence-electron chi connectivity index (χ0n) is 14.8. The summed E-state index contributed by atoms with van der Waals surface area (Å²) in [7, 11) is 1.69. The van der Waals surface area contributed by atoms with Crippen molar-refractivity contribution in [2.24, 2.45) is 0 Å². The molecule has 0 bridgehead atoms.